The van der Waals surface area contributed by atoms with E-state index in [0.29, 0.717) is 16.2 Å². The minimum atomic E-state index is 0.628. The molecule has 0 aromatic carbocycles. The highest BCUT2D eigenvalue weighted by Gasteiger charge is 2.39. The summed E-state index contributed by atoms with van der Waals surface area (Å²) >= 11 is 7.65. The van der Waals surface area contributed by atoms with Crippen LogP contribution in [-0.4, -0.2) is 13.1 Å². The molecule has 2 heterocycles. The van der Waals surface area contributed by atoms with Gasteiger partial charge in [-0.3, -0.25) is 0 Å². The van der Waals surface area contributed by atoms with E-state index in [-0.39, 0.29) is 0 Å². The number of rotatable bonds is 0. The van der Waals surface area contributed by atoms with Gasteiger partial charge in [0.05, 0.1) is 6.57 Å². The molecule has 14 heavy (non-hydrogen) atoms. The first-order valence-electron chi connectivity index (χ1n) is 4.70. The fourth-order valence-corrected chi connectivity index (χ4v) is 4.16. The minimum absolute atomic E-state index is 0.628. The Hall–Kier alpha value is -0.560. The van der Waals surface area contributed by atoms with Gasteiger partial charge in [0, 0.05) is 17.3 Å². The number of thiophene rings is 1. The van der Waals surface area contributed by atoms with E-state index >= 15 is 0 Å². The van der Waals surface area contributed by atoms with Crippen molar-refractivity contribution in [1.82, 2.24) is 5.32 Å². The standard InChI is InChI=1S/C10H9ClN2S/c1-12-8-6-2-5-3-13-4-7(5)9(6)14-10(8)11/h5,7,13H,2-4H2. The molecule has 1 fully saturated rings. The summed E-state index contributed by atoms with van der Waals surface area (Å²) in [4.78, 5) is 4.91. The molecule has 72 valence electrons. The molecule has 0 saturated carbocycles. The first kappa shape index (κ1) is 8.72. The summed E-state index contributed by atoms with van der Waals surface area (Å²) in [5.41, 5.74) is 1.97. The third kappa shape index (κ3) is 0.993. The largest absolute Gasteiger partial charge is 0.316 e. The molecule has 3 rings (SSSR count). The van der Waals surface area contributed by atoms with Crippen molar-refractivity contribution in [3.8, 4) is 0 Å². The predicted molar refractivity (Wildman–Crippen MR) is 58.4 cm³/mol. The number of halogens is 1. The molecule has 1 aromatic rings. The van der Waals surface area contributed by atoms with Gasteiger partial charge < -0.3 is 5.32 Å². The second-order valence-corrected chi connectivity index (χ2v) is 5.56. The van der Waals surface area contributed by atoms with Gasteiger partial charge in [0.15, 0.2) is 0 Å². The van der Waals surface area contributed by atoms with Crippen LogP contribution in [0, 0.1) is 12.5 Å². The van der Waals surface area contributed by atoms with Crippen LogP contribution in [0.4, 0.5) is 5.69 Å². The number of nitrogens with zero attached hydrogens (tertiary/aromatic N) is 1. The van der Waals surface area contributed by atoms with Gasteiger partial charge in [0.25, 0.3) is 0 Å². The van der Waals surface area contributed by atoms with E-state index in [4.69, 9.17) is 18.2 Å². The lowest BCUT2D eigenvalue weighted by molar-refractivity contribution is 0.567. The van der Waals surface area contributed by atoms with Gasteiger partial charge in [-0.2, -0.15) is 0 Å². The van der Waals surface area contributed by atoms with E-state index in [2.05, 4.69) is 10.2 Å². The quantitative estimate of drug-likeness (QED) is 0.671. The summed E-state index contributed by atoms with van der Waals surface area (Å²) < 4.78 is 0.690. The zero-order valence-corrected chi connectivity index (χ0v) is 9.08. The number of fused-ring (bicyclic) bond motifs is 3. The molecule has 1 saturated heterocycles. The van der Waals surface area contributed by atoms with E-state index in [1.807, 2.05) is 0 Å². The van der Waals surface area contributed by atoms with Crippen LogP contribution in [0.2, 0.25) is 4.34 Å². The lowest BCUT2D eigenvalue weighted by Gasteiger charge is -2.06. The predicted octanol–water partition coefficient (Wildman–Crippen LogP) is 2.81. The van der Waals surface area contributed by atoms with Crippen LogP contribution in [0.1, 0.15) is 16.4 Å². The topological polar surface area (TPSA) is 16.4 Å². The lowest BCUT2D eigenvalue weighted by Crippen LogP contribution is -2.10. The van der Waals surface area contributed by atoms with Gasteiger partial charge in [-0.15, -0.1) is 11.3 Å². The first-order valence-corrected chi connectivity index (χ1v) is 5.90. The van der Waals surface area contributed by atoms with Crippen molar-refractivity contribution < 1.29 is 0 Å². The number of hydrogen-bond acceptors (Lipinski definition) is 2. The second-order valence-electron chi connectivity index (χ2n) is 3.91. The van der Waals surface area contributed by atoms with Crippen LogP contribution >= 0.6 is 22.9 Å². The maximum Gasteiger partial charge on any atom is 0.219 e. The van der Waals surface area contributed by atoms with Gasteiger partial charge in [-0.1, -0.05) is 11.6 Å². The molecule has 2 nitrogen and oxygen atoms in total. The molecule has 0 spiro atoms. The second kappa shape index (κ2) is 2.96. The zero-order chi connectivity index (χ0) is 9.71. The molecule has 2 atom stereocenters. The maximum atomic E-state index is 7.11. The highest BCUT2D eigenvalue weighted by atomic mass is 35.5. The molecule has 0 amide bonds. The molecule has 2 unspecified atom stereocenters. The van der Waals surface area contributed by atoms with Gasteiger partial charge in [0.1, 0.15) is 4.34 Å². The van der Waals surface area contributed by atoms with Crippen molar-refractivity contribution in [2.45, 2.75) is 12.3 Å². The van der Waals surface area contributed by atoms with E-state index in [0.717, 1.165) is 25.2 Å². The highest BCUT2D eigenvalue weighted by molar-refractivity contribution is 7.17. The summed E-state index contributed by atoms with van der Waals surface area (Å²) in [5, 5.41) is 3.40. The number of hydrogen-bond donors (Lipinski definition) is 1. The van der Waals surface area contributed by atoms with E-state index in [9.17, 15) is 0 Å². The van der Waals surface area contributed by atoms with Crippen LogP contribution in [-0.2, 0) is 6.42 Å². The van der Waals surface area contributed by atoms with Crippen LogP contribution < -0.4 is 5.32 Å². The average molecular weight is 225 g/mol. The van der Waals surface area contributed by atoms with Gasteiger partial charge in [-0.25, -0.2) is 4.85 Å². The Morgan fingerprint density at radius 3 is 3.14 bits per heavy atom. The Bertz CT molecular complexity index is 432. The molecular weight excluding hydrogens is 216 g/mol. The molecule has 1 N–H and O–H groups in total. The van der Waals surface area contributed by atoms with Crippen LogP contribution in [0.25, 0.3) is 4.85 Å². The smallest absolute Gasteiger partial charge is 0.219 e. The highest BCUT2D eigenvalue weighted by Crippen LogP contribution is 2.51. The summed E-state index contributed by atoms with van der Waals surface area (Å²) in [6.45, 7) is 9.27. The van der Waals surface area contributed by atoms with Crippen molar-refractivity contribution in [2.75, 3.05) is 13.1 Å². The zero-order valence-electron chi connectivity index (χ0n) is 7.51. The Morgan fingerprint density at radius 2 is 2.36 bits per heavy atom. The minimum Gasteiger partial charge on any atom is -0.316 e. The summed E-state index contributed by atoms with van der Waals surface area (Å²) in [6, 6.07) is 0. The van der Waals surface area contributed by atoms with Gasteiger partial charge in [0.2, 0.25) is 5.69 Å². The van der Waals surface area contributed by atoms with Crippen molar-refractivity contribution in [3.05, 3.63) is 26.2 Å². The molecule has 0 radical (unpaired) electrons. The van der Waals surface area contributed by atoms with Crippen LogP contribution in [0.5, 0.6) is 0 Å². The Labute approximate surface area is 91.7 Å². The molecule has 0 bridgehead atoms. The lowest BCUT2D eigenvalue weighted by atomic mass is 10.0. The van der Waals surface area contributed by atoms with Gasteiger partial charge in [-0.05, 0) is 24.4 Å². The fraction of sp³-hybridized carbons (Fsp3) is 0.500. The summed E-state index contributed by atoms with van der Waals surface area (Å²) in [6.07, 6.45) is 1.05. The Balaban J connectivity index is 2.13. The SMILES string of the molecule is [C-]#[N+]c1c(Cl)sc2c1CC1CNCC21. The van der Waals surface area contributed by atoms with Crippen molar-refractivity contribution >= 4 is 28.6 Å². The monoisotopic (exact) mass is 224 g/mol. The molecule has 1 aromatic heterocycles. The fourth-order valence-electron chi connectivity index (χ4n) is 2.57. The van der Waals surface area contributed by atoms with E-state index in [1.54, 1.807) is 11.3 Å². The van der Waals surface area contributed by atoms with Crippen molar-refractivity contribution in [1.29, 1.82) is 0 Å². The number of nitrogens with one attached hydrogen (secondary N) is 1. The average Bonchev–Trinajstić information content (AvgIpc) is 2.76. The normalized spacial score (nSPS) is 28.6. The Morgan fingerprint density at radius 1 is 1.50 bits per heavy atom. The molecule has 1 aliphatic heterocycles. The molecule has 2 aliphatic rings. The molecule has 1 aliphatic carbocycles. The first-order chi connectivity index (χ1) is 6.81. The van der Waals surface area contributed by atoms with E-state index in [1.165, 1.54) is 10.4 Å². The summed E-state index contributed by atoms with van der Waals surface area (Å²) in [7, 11) is 0. The molecule has 4 heteroatoms. The van der Waals surface area contributed by atoms with E-state index < -0.39 is 0 Å². The Kier molecular flexibility index (Phi) is 1.85. The van der Waals surface area contributed by atoms with Gasteiger partial charge >= 0.3 is 0 Å². The third-order valence-electron chi connectivity index (χ3n) is 3.22. The molecular formula is C10H9ClN2S. The third-order valence-corrected chi connectivity index (χ3v) is 4.78. The van der Waals surface area contributed by atoms with Crippen LogP contribution in [0.15, 0.2) is 0 Å². The maximum absolute atomic E-state index is 7.11. The van der Waals surface area contributed by atoms with Crippen molar-refractivity contribution in [3.63, 3.8) is 0 Å². The van der Waals surface area contributed by atoms with Crippen LogP contribution in [0.3, 0.4) is 0 Å². The summed E-state index contributed by atoms with van der Waals surface area (Å²) in [5.74, 6) is 1.34. The van der Waals surface area contributed by atoms with Crippen molar-refractivity contribution in [2.24, 2.45) is 5.92 Å².